The second-order valence-corrected chi connectivity index (χ2v) is 4.23. The number of carbonyl (C=O) groups excluding carboxylic acids is 2. The standard InChI is InChI=1S/C14H18FNO5/c1-19-11-6-4-5-10(14(11)15)7-16(8-12(17)20-2)9-13(18)21-3/h4-6H,7-9H2,1-3H3. The van der Waals surface area contributed by atoms with Crippen LogP contribution in [0.25, 0.3) is 0 Å². The molecule has 1 rings (SSSR count). The van der Waals surface area contributed by atoms with Crippen molar-refractivity contribution in [3.63, 3.8) is 0 Å². The van der Waals surface area contributed by atoms with E-state index in [1.54, 1.807) is 12.1 Å². The van der Waals surface area contributed by atoms with E-state index in [9.17, 15) is 14.0 Å². The molecule has 0 aliphatic carbocycles. The molecule has 0 saturated carbocycles. The Bertz CT molecular complexity index is 488. The van der Waals surface area contributed by atoms with Gasteiger partial charge in [0.25, 0.3) is 0 Å². The first-order chi connectivity index (χ1) is 10.0. The molecule has 6 nitrogen and oxygen atoms in total. The Kier molecular flexibility index (Phi) is 6.61. The largest absolute Gasteiger partial charge is 0.494 e. The number of rotatable bonds is 7. The molecule has 0 bridgehead atoms. The zero-order valence-electron chi connectivity index (χ0n) is 12.2. The van der Waals surface area contributed by atoms with Gasteiger partial charge in [-0.3, -0.25) is 14.5 Å². The van der Waals surface area contributed by atoms with Crippen molar-refractivity contribution in [2.75, 3.05) is 34.4 Å². The maximum Gasteiger partial charge on any atom is 0.319 e. The van der Waals surface area contributed by atoms with Crippen LogP contribution < -0.4 is 4.74 Å². The van der Waals surface area contributed by atoms with Crippen molar-refractivity contribution in [1.82, 2.24) is 4.90 Å². The van der Waals surface area contributed by atoms with Gasteiger partial charge in [-0.15, -0.1) is 0 Å². The summed E-state index contributed by atoms with van der Waals surface area (Å²) in [6, 6.07) is 4.68. The summed E-state index contributed by atoms with van der Waals surface area (Å²) in [7, 11) is 3.85. The average molecular weight is 299 g/mol. The highest BCUT2D eigenvalue weighted by Gasteiger charge is 2.18. The molecule has 1 aromatic rings. The van der Waals surface area contributed by atoms with Crippen molar-refractivity contribution in [3.05, 3.63) is 29.6 Å². The van der Waals surface area contributed by atoms with E-state index in [2.05, 4.69) is 9.47 Å². The van der Waals surface area contributed by atoms with Crippen molar-refractivity contribution in [2.45, 2.75) is 6.54 Å². The molecule has 0 atom stereocenters. The number of ether oxygens (including phenoxy) is 3. The smallest absolute Gasteiger partial charge is 0.319 e. The SMILES string of the molecule is COC(=O)CN(CC(=O)OC)Cc1cccc(OC)c1F. The summed E-state index contributed by atoms with van der Waals surface area (Å²) in [5, 5.41) is 0. The first-order valence-electron chi connectivity index (χ1n) is 6.19. The molecule has 0 heterocycles. The van der Waals surface area contributed by atoms with Crippen LogP contribution in [0.1, 0.15) is 5.56 Å². The van der Waals surface area contributed by atoms with E-state index in [-0.39, 0.29) is 25.4 Å². The lowest BCUT2D eigenvalue weighted by atomic mass is 10.2. The van der Waals surface area contributed by atoms with Gasteiger partial charge in [0.2, 0.25) is 0 Å². The minimum Gasteiger partial charge on any atom is -0.494 e. The van der Waals surface area contributed by atoms with Gasteiger partial charge in [-0.1, -0.05) is 12.1 Å². The van der Waals surface area contributed by atoms with Gasteiger partial charge in [0.15, 0.2) is 11.6 Å². The molecule has 0 N–H and O–H groups in total. The summed E-state index contributed by atoms with van der Waals surface area (Å²) in [4.78, 5) is 24.1. The third kappa shape index (κ3) is 5.03. The molecule has 0 aliphatic rings. The Hall–Kier alpha value is -2.15. The number of carbonyl (C=O) groups is 2. The number of hydrogen-bond acceptors (Lipinski definition) is 6. The van der Waals surface area contributed by atoms with Crippen LogP contribution in [0.15, 0.2) is 18.2 Å². The molecule has 0 unspecified atom stereocenters. The van der Waals surface area contributed by atoms with E-state index in [1.807, 2.05) is 0 Å². The van der Waals surface area contributed by atoms with Gasteiger partial charge in [-0.25, -0.2) is 4.39 Å². The minimum absolute atomic E-state index is 0.0488. The Morgan fingerprint density at radius 2 is 1.67 bits per heavy atom. The third-order valence-corrected chi connectivity index (χ3v) is 2.82. The van der Waals surface area contributed by atoms with Crippen LogP contribution >= 0.6 is 0 Å². The molecule has 0 aliphatic heterocycles. The normalized spacial score (nSPS) is 10.3. The molecule has 116 valence electrons. The fourth-order valence-electron chi connectivity index (χ4n) is 1.74. The van der Waals surface area contributed by atoms with Crippen molar-refractivity contribution in [2.24, 2.45) is 0 Å². The first-order valence-corrected chi connectivity index (χ1v) is 6.19. The predicted molar refractivity (Wildman–Crippen MR) is 72.3 cm³/mol. The van der Waals surface area contributed by atoms with Crippen LogP contribution in [-0.2, 0) is 25.6 Å². The van der Waals surface area contributed by atoms with Crippen LogP contribution in [-0.4, -0.2) is 51.3 Å². The monoisotopic (exact) mass is 299 g/mol. The van der Waals surface area contributed by atoms with Crippen molar-refractivity contribution < 1.29 is 28.2 Å². The van der Waals surface area contributed by atoms with Gasteiger partial charge in [0.1, 0.15) is 0 Å². The third-order valence-electron chi connectivity index (χ3n) is 2.82. The number of hydrogen-bond donors (Lipinski definition) is 0. The second-order valence-electron chi connectivity index (χ2n) is 4.23. The van der Waals surface area contributed by atoms with Gasteiger partial charge < -0.3 is 14.2 Å². The Morgan fingerprint density at radius 3 is 2.14 bits per heavy atom. The van der Waals surface area contributed by atoms with Crippen LogP contribution in [0.4, 0.5) is 4.39 Å². The Balaban J connectivity index is 2.89. The van der Waals surface area contributed by atoms with Crippen molar-refractivity contribution in [1.29, 1.82) is 0 Å². The fourth-order valence-corrected chi connectivity index (χ4v) is 1.74. The Labute approximate surface area is 122 Å². The zero-order valence-corrected chi connectivity index (χ0v) is 12.2. The van der Waals surface area contributed by atoms with Gasteiger partial charge in [0, 0.05) is 12.1 Å². The van der Waals surface area contributed by atoms with E-state index >= 15 is 0 Å². The molecule has 0 aromatic heterocycles. The van der Waals surface area contributed by atoms with Crippen molar-refractivity contribution in [3.8, 4) is 5.75 Å². The zero-order chi connectivity index (χ0) is 15.8. The van der Waals surface area contributed by atoms with Gasteiger partial charge in [0.05, 0.1) is 34.4 Å². The summed E-state index contributed by atoms with van der Waals surface area (Å²) in [5.74, 6) is -1.48. The fraction of sp³-hybridized carbons (Fsp3) is 0.429. The maximum absolute atomic E-state index is 14.1. The number of nitrogens with zero attached hydrogens (tertiary/aromatic N) is 1. The van der Waals surface area contributed by atoms with Gasteiger partial charge in [-0.2, -0.15) is 0 Å². The molecule has 0 amide bonds. The highest BCUT2D eigenvalue weighted by atomic mass is 19.1. The number of methoxy groups -OCH3 is 3. The van der Waals surface area contributed by atoms with E-state index in [4.69, 9.17) is 4.74 Å². The van der Waals surface area contributed by atoms with E-state index in [0.29, 0.717) is 5.56 Å². The van der Waals surface area contributed by atoms with Gasteiger partial charge in [-0.05, 0) is 6.07 Å². The highest BCUT2D eigenvalue weighted by molar-refractivity contribution is 5.74. The lowest BCUT2D eigenvalue weighted by Gasteiger charge is -2.20. The summed E-state index contributed by atoms with van der Waals surface area (Å²) < 4.78 is 28.1. The van der Waals surface area contributed by atoms with Crippen LogP contribution in [0.3, 0.4) is 0 Å². The lowest BCUT2D eigenvalue weighted by molar-refractivity contribution is -0.145. The van der Waals surface area contributed by atoms with Crippen LogP contribution in [0.5, 0.6) is 5.75 Å². The summed E-state index contributed by atoms with van der Waals surface area (Å²) in [6.45, 7) is -0.252. The van der Waals surface area contributed by atoms with Crippen molar-refractivity contribution >= 4 is 11.9 Å². The topological polar surface area (TPSA) is 65.1 Å². The lowest BCUT2D eigenvalue weighted by Crippen LogP contribution is -2.35. The summed E-state index contributed by atoms with van der Waals surface area (Å²) in [6.07, 6.45) is 0. The minimum atomic E-state index is -0.528. The summed E-state index contributed by atoms with van der Waals surface area (Å²) >= 11 is 0. The molecule has 0 spiro atoms. The quantitative estimate of drug-likeness (QED) is 0.699. The number of esters is 2. The molecule has 0 radical (unpaired) electrons. The summed E-state index contributed by atoms with van der Waals surface area (Å²) in [5.41, 5.74) is 0.308. The van der Waals surface area contributed by atoms with E-state index < -0.39 is 17.8 Å². The number of benzene rings is 1. The van der Waals surface area contributed by atoms with E-state index in [0.717, 1.165) is 0 Å². The molecule has 1 aromatic carbocycles. The second kappa shape index (κ2) is 8.21. The Morgan fingerprint density at radius 1 is 1.10 bits per heavy atom. The predicted octanol–water partition coefficient (Wildman–Crippen LogP) is 0.982. The molecule has 21 heavy (non-hydrogen) atoms. The molecular weight excluding hydrogens is 281 g/mol. The average Bonchev–Trinajstić information content (AvgIpc) is 2.48. The maximum atomic E-state index is 14.1. The number of halogens is 1. The first kappa shape index (κ1) is 16.9. The van der Waals surface area contributed by atoms with E-state index in [1.165, 1.54) is 32.3 Å². The van der Waals surface area contributed by atoms with Gasteiger partial charge >= 0.3 is 11.9 Å². The van der Waals surface area contributed by atoms with Crippen LogP contribution in [0.2, 0.25) is 0 Å². The molecule has 0 fully saturated rings. The molecule has 0 saturated heterocycles. The molecule has 7 heteroatoms. The molecular formula is C14H18FNO5. The van der Waals surface area contributed by atoms with Crippen LogP contribution in [0, 0.1) is 5.82 Å². The highest BCUT2D eigenvalue weighted by Crippen LogP contribution is 2.21.